The molecule has 0 radical (unpaired) electrons. The summed E-state index contributed by atoms with van der Waals surface area (Å²) in [5, 5.41) is 0. The molecule has 0 amide bonds. The van der Waals surface area contributed by atoms with Crippen LogP contribution in [-0.2, 0) is 4.74 Å². The standard InChI is InChI=1S/C16H27NO/c1-5-18-15(13-9-7-6-8-10-13)14(17)11-12-16(2,3)4/h6-10,14-15H,5,11-12,17H2,1-4H3. The van der Waals surface area contributed by atoms with Gasteiger partial charge in [0, 0.05) is 12.6 Å². The second-order valence-corrected chi connectivity index (χ2v) is 6.05. The van der Waals surface area contributed by atoms with E-state index in [1.165, 1.54) is 5.56 Å². The molecule has 0 aromatic heterocycles. The van der Waals surface area contributed by atoms with E-state index in [1.54, 1.807) is 0 Å². The van der Waals surface area contributed by atoms with Crippen LogP contribution in [0, 0.1) is 5.41 Å². The van der Waals surface area contributed by atoms with Gasteiger partial charge in [-0.25, -0.2) is 0 Å². The minimum absolute atomic E-state index is 0.0125. The van der Waals surface area contributed by atoms with Crippen molar-refractivity contribution in [3.63, 3.8) is 0 Å². The number of benzene rings is 1. The lowest BCUT2D eigenvalue weighted by Gasteiger charge is -2.27. The lowest BCUT2D eigenvalue weighted by molar-refractivity contribution is 0.0386. The van der Waals surface area contributed by atoms with Crippen molar-refractivity contribution in [2.45, 2.75) is 52.7 Å². The number of hydrogen-bond donors (Lipinski definition) is 1. The minimum atomic E-state index is 0.0125. The van der Waals surface area contributed by atoms with Crippen LogP contribution in [0.15, 0.2) is 30.3 Å². The third-order valence-electron chi connectivity index (χ3n) is 3.09. The predicted octanol–water partition coefficient (Wildman–Crippen LogP) is 3.92. The van der Waals surface area contributed by atoms with Crippen LogP contribution in [0.4, 0.5) is 0 Å². The van der Waals surface area contributed by atoms with E-state index in [0.717, 1.165) is 12.8 Å². The fourth-order valence-corrected chi connectivity index (χ4v) is 2.04. The molecule has 0 saturated heterocycles. The van der Waals surface area contributed by atoms with Crippen LogP contribution in [0.1, 0.15) is 52.2 Å². The van der Waals surface area contributed by atoms with Crippen molar-refractivity contribution < 1.29 is 4.74 Å². The Morgan fingerprint density at radius 2 is 1.78 bits per heavy atom. The molecule has 0 aliphatic carbocycles. The number of ether oxygens (including phenoxy) is 1. The van der Waals surface area contributed by atoms with Gasteiger partial charge in [0.2, 0.25) is 0 Å². The van der Waals surface area contributed by atoms with Crippen LogP contribution in [0.5, 0.6) is 0 Å². The highest BCUT2D eigenvalue weighted by Gasteiger charge is 2.22. The van der Waals surface area contributed by atoms with Crippen LogP contribution in [0.3, 0.4) is 0 Å². The van der Waals surface area contributed by atoms with E-state index in [9.17, 15) is 0 Å². The van der Waals surface area contributed by atoms with Crippen LogP contribution in [0.25, 0.3) is 0 Å². The number of nitrogens with two attached hydrogens (primary N) is 1. The van der Waals surface area contributed by atoms with Gasteiger partial charge in [0.15, 0.2) is 0 Å². The van der Waals surface area contributed by atoms with Crippen molar-refractivity contribution in [2.24, 2.45) is 11.1 Å². The third kappa shape index (κ3) is 5.19. The Balaban J connectivity index is 2.67. The third-order valence-corrected chi connectivity index (χ3v) is 3.09. The Hall–Kier alpha value is -0.860. The fraction of sp³-hybridized carbons (Fsp3) is 0.625. The molecule has 1 aromatic rings. The largest absolute Gasteiger partial charge is 0.372 e. The van der Waals surface area contributed by atoms with Crippen LogP contribution in [-0.4, -0.2) is 12.6 Å². The molecule has 102 valence electrons. The quantitative estimate of drug-likeness (QED) is 0.829. The zero-order valence-electron chi connectivity index (χ0n) is 12.1. The molecule has 2 atom stereocenters. The molecule has 2 nitrogen and oxygen atoms in total. The summed E-state index contributed by atoms with van der Waals surface area (Å²) in [5.41, 5.74) is 7.82. The maximum atomic E-state index is 6.32. The topological polar surface area (TPSA) is 35.2 Å². The highest BCUT2D eigenvalue weighted by molar-refractivity contribution is 5.19. The van der Waals surface area contributed by atoms with E-state index < -0.39 is 0 Å². The maximum Gasteiger partial charge on any atom is 0.0975 e. The smallest absolute Gasteiger partial charge is 0.0975 e. The Morgan fingerprint density at radius 1 is 1.17 bits per heavy atom. The second kappa shape index (κ2) is 6.91. The van der Waals surface area contributed by atoms with Crippen LogP contribution in [0.2, 0.25) is 0 Å². The summed E-state index contributed by atoms with van der Waals surface area (Å²) in [5.74, 6) is 0. The Kier molecular flexibility index (Phi) is 5.83. The van der Waals surface area contributed by atoms with E-state index in [4.69, 9.17) is 10.5 Å². The molecule has 0 heterocycles. The van der Waals surface area contributed by atoms with Gasteiger partial charge in [-0.05, 0) is 30.7 Å². The molecule has 0 aliphatic rings. The molecule has 0 bridgehead atoms. The van der Waals surface area contributed by atoms with Crippen molar-refractivity contribution in [3.05, 3.63) is 35.9 Å². The van der Waals surface area contributed by atoms with E-state index >= 15 is 0 Å². The molecule has 2 N–H and O–H groups in total. The predicted molar refractivity (Wildman–Crippen MR) is 77.5 cm³/mol. The monoisotopic (exact) mass is 249 g/mol. The van der Waals surface area contributed by atoms with Gasteiger partial charge >= 0.3 is 0 Å². The molecule has 0 fully saturated rings. The molecule has 1 aromatic carbocycles. The van der Waals surface area contributed by atoms with Crippen molar-refractivity contribution in [3.8, 4) is 0 Å². The number of hydrogen-bond acceptors (Lipinski definition) is 2. The molecule has 0 saturated carbocycles. The van der Waals surface area contributed by atoms with Crippen molar-refractivity contribution >= 4 is 0 Å². The summed E-state index contributed by atoms with van der Waals surface area (Å²) in [6.07, 6.45) is 2.12. The fourth-order valence-electron chi connectivity index (χ4n) is 2.04. The highest BCUT2D eigenvalue weighted by atomic mass is 16.5. The first-order chi connectivity index (χ1) is 8.44. The maximum absolute atomic E-state index is 6.32. The summed E-state index contributed by atoms with van der Waals surface area (Å²) in [6, 6.07) is 10.4. The van der Waals surface area contributed by atoms with E-state index in [1.807, 2.05) is 25.1 Å². The van der Waals surface area contributed by atoms with Gasteiger partial charge in [0.1, 0.15) is 0 Å². The molecule has 0 aliphatic heterocycles. The second-order valence-electron chi connectivity index (χ2n) is 6.05. The van der Waals surface area contributed by atoms with E-state index in [-0.39, 0.29) is 12.1 Å². The van der Waals surface area contributed by atoms with Gasteiger partial charge in [-0.3, -0.25) is 0 Å². The average Bonchev–Trinajstić information content (AvgIpc) is 2.33. The molecule has 1 rings (SSSR count). The first-order valence-corrected chi connectivity index (χ1v) is 6.86. The summed E-state index contributed by atoms with van der Waals surface area (Å²) in [6.45, 7) is 9.46. The Bertz CT molecular complexity index is 329. The molecule has 18 heavy (non-hydrogen) atoms. The minimum Gasteiger partial charge on any atom is -0.372 e. The average molecular weight is 249 g/mol. The Morgan fingerprint density at radius 3 is 2.28 bits per heavy atom. The van der Waals surface area contributed by atoms with Gasteiger partial charge in [0.25, 0.3) is 0 Å². The van der Waals surface area contributed by atoms with Crippen molar-refractivity contribution in [1.82, 2.24) is 0 Å². The van der Waals surface area contributed by atoms with E-state index in [0.29, 0.717) is 12.0 Å². The highest BCUT2D eigenvalue weighted by Crippen LogP contribution is 2.27. The van der Waals surface area contributed by atoms with Gasteiger partial charge in [-0.1, -0.05) is 51.1 Å². The van der Waals surface area contributed by atoms with Crippen molar-refractivity contribution in [2.75, 3.05) is 6.61 Å². The normalized spacial score (nSPS) is 15.4. The molecule has 2 unspecified atom stereocenters. The first-order valence-electron chi connectivity index (χ1n) is 6.86. The van der Waals surface area contributed by atoms with Gasteiger partial charge in [-0.2, -0.15) is 0 Å². The lowest BCUT2D eigenvalue weighted by atomic mass is 9.87. The van der Waals surface area contributed by atoms with Crippen LogP contribution < -0.4 is 5.73 Å². The van der Waals surface area contributed by atoms with E-state index in [2.05, 4.69) is 32.9 Å². The zero-order valence-corrected chi connectivity index (χ0v) is 12.1. The lowest BCUT2D eigenvalue weighted by Crippen LogP contribution is -2.31. The summed E-state index contributed by atoms with van der Waals surface area (Å²) in [7, 11) is 0. The Labute approximate surface area is 112 Å². The first kappa shape index (κ1) is 15.2. The zero-order chi connectivity index (χ0) is 13.6. The van der Waals surface area contributed by atoms with Gasteiger partial charge in [0.05, 0.1) is 6.10 Å². The molecular formula is C16H27NO. The summed E-state index contributed by atoms with van der Waals surface area (Å²) in [4.78, 5) is 0. The van der Waals surface area contributed by atoms with Gasteiger partial charge < -0.3 is 10.5 Å². The molecule has 2 heteroatoms. The summed E-state index contributed by atoms with van der Waals surface area (Å²) < 4.78 is 5.83. The molecular weight excluding hydrogens is 222 g/mol. The molecule has 0 spiro atoms. The number of rotatable bonds is 6. The van der Waals surface area contributed by atoms with Crippen molar-refractivity contribution in [1.29, 1.82) is 0 Å². The van der Waals surface area contributed by atoms with Gasteiger partial charge in [-0.15, -0.1) is 0 Å². The summed E-state index contributed by atoms with van der Waals surface area (Å²) >= 11 is 0. The van der Waals surface area contributed by atoms with Crippen LogP contribution >= 0.6 is 0 Å². The SMILES string of the molecule is CCOC(c1ccccc1)C(N)CCC(C)(C)C.